The number of hydrogen-bond donors (Lipinski definition) is 3. The topological polar surface area (TPSA) is 139 Å². The molecule has 1 amide bonds. The number of nitrogens with zero attached hydrogens (tertiary/aromatic N) is 5. The number of nitrogen functional groups attached to an aromatic ring is 1. The predicted molar refractivity (Wildman–Crippen MR) is 98.9 cm³/mol. The Kier molecular flexibility index (Phi) is 4.86. The molecule has 0 spiro atoms. The molecule has 0 aromatic carbocycles. The molecule has 4 heterocycles. The zero-order valence-electron chi connectivity index (χ0n) is 14.9. The van der Waals surface area contributed by atoms with Crippen molar-refractivity contribution in [1.82, 2.24) is 30.5 Å². The summed E-state index contributed by atoms with van der Waals surface area (Å²) in [5, 5.41) is 9.42. The maximum absolute atomic E-state index is 12.2. The van der Waals surface area contributed by atoms with E-state index in [1.54, 1.807) is 6.20 Å². The first-order valence-electron chi connectivity index (χ1n) is 9.07. The van der Waals surface area contributed by atoms with Crippen LogP contribution >= 0.6 is 0 Å². The van der Waals surface area contributed by atoms with Crippen LogP contribution in [0.1, 0.15) is 25.1 Å². The Hall–Kier alpha value is -3.17. The van der Waals surface area contributed by atoms with Crippen LogP contribution in [0.4, 0.5) is 12.0 Å². The number of pyridine rings is 1. The smallest absolute Gasteiger partial charge is 0.299 e. The van der Waals surface area contributed by atoms with Gasteiger partial charge >= 0.3 is 0 Å². The second-order valence-corrected chi connectivity index (χ2v) is 6.72. The maximum atomic E-state index is 12.2. The second kappa shape index (κ2) is 7.60. The Balaban J connectivity index is 1.28. The highest BCUT2D eigenvalue weighted by molar-refractivity contribution is 5.76. The molecule has 1 aliphatic rings. The molecule has 142 valence electrons. The molecule has 10 heteroatoms. The summed E-state index contributed by atoms with van der Waals surface area (Å²) in [5.41, 5.74) is 6.75. The summed E-state index contributed by atoms with van der Waals surface area (Å²) < 4.78 is 5.80. The van der Waals surface area contributed by atoms with Crippen molar-refractivity contribution in [3.8, 4) is 0 Å². The molecular weight excluding hydrogens is 348 g/mol. The third-order valence-corrected chi connectivity index (χ3v) is 4.65. The number of rotatable bonds is 6. The standard InChI is InChI=1S/C17H22N8O2/c18-16-21-13(23-24-16)5-7-19-14(26)9-11-3-2-8-25(10-11)17-22-15-12(27-17)4-1-6-20-15/h1,4,6,11H,2-3,5,7-10H2,(H,19,26)(H3,18,21,23,24). The van der Waals surface area contributed by atoms with Gasteiger partial charge < -0.3 is 20.4 Å². The van der Waals surface area contributed by atoms with E-state index in [1.807, 2.05) is 12.1 Å². The third-order valence-electron chi connectivity index (χ3n) is 4.65. The van der Waals surface area contributed by atoms with Crippen LogP contribution in [-0.4, -0.2) is 50.7 Å². The second-order valence-electron chi connectivity index (χ2n) is 6.72. The van der Waals surface area contributed by atoms with Crippen molar-refractivity contribution in [3.63, 3.8) is 0 Å². The van der Waals surface area contributed by atoms with E-state index in [0.29, 0.717) is 42.5 Å². The summed E-state index contributed by atoms with van der Waals surface area (Å²) in [6.45, 7) is 2.12. The van der Waals surface area contributed by atoms with Gasteiger partial charge in [0.25, 0.3) is 6.01 Å². The van der Waals surface area contributed by atoms with Crippen LogP contribution in [0.3, 0.4) is 0 Å². The van der Waals surface area contributed by atoms with Crippen molar-refractivity contribution in [2.45, 2.75) is 25.7 Å². The number of fused-ring (bicyclic) bond motifs is 1. The fraction of sp³-hybridized carbons (Fsp3) is 0.471. The lowest BCUT2D eigenvalue weighted by molar-refractivity contribution is -0.122. The molecule has 3 aromatic heterocycles. The average molecular weight is 370 g/mol. The van der Waals surface area contributed by atoms with Crippen LogP contribution in [0.5, 0.6) is 0 Å². The molecule has 3 aromatic rings. The minimum Gasteiger partial charge on any atom is -0.422 e. The van der Waals surface area contributed by atoms with Crippen molar-refractivity contribution in [3.05, 3.63) is 24.2 Å². The summed E-state index contributed by atoms with van der Waals surface area (Å²) in [7, 11) is 0. The van der Waals surface area contributed by atoms with Crippen LogP contribution in [-0.2, 0) is 11.2 Å². The minimum absolute atomic E-state index is 0.0357. The number of amides is 1. The van der Waals surface area contributed by atoms with Crippen LogP contribution in [0.2, 0.25) is 0 Å². The van der Waals surface area contributed by atoms with E-state index in [2.05, 4.69) is 35.4 Å². The van der Waals surface area contributed by atoms with Gasteiger partial charge in [-0.1, -0.05) is 0 Å². The number of nitrogens with one attached hydrogen (secondary N) is 2. The van der Waals surface area contributed by atoms with Gasteiger partial charge in [-0.3, -0.25) is 9.89 Å². The SMILES string of the molecule is Nc1n[nH]c(CCNC(=O)CC2CCCN(c3nc4ncccc4o3)C2)n1. The average Bonchev–Trinajstić information content (AvgIpc) is 3.28. The molecule has 1 fully saturated rings. The number of hydrogen-bond acceptors (Lipinski definition) is 8. The Morgan fingerprint density at radius 2 is 2.37 bits per heavy atom. The highest BCUT2D eigenvalue weighted by Crippen LogP contribution is 2.26. The Morgan fingerprint density at radius 1 is 1.44 bits per heavy atom. The van der Waals surface area contributed by atoms with Crippen LogP contribution in [0.25, 0.3) is 11.2 Å². The molecule has 1 saturated heterocycles. The van der Waals surface area contributed by atoms with Gasteiger partial charge in [0.1, 0.15) is 5.82 Å². The Bertz CT molecular complexity index is 887. The van der Waals surface area contributed by atoms with Gasteiger partial charge in [0, 0.05) is 38.7 Å². The van der Waals surface area contributed by atoms with E-state index >= 15 is 0 Å². The van der Waals surface area contributed by atoms with E-state index in [1.165, 1.54) is 0 Å². The van der Waals surface area contributed by atoms with Crippen molar-refractivity contribution >= 4 is 29.1 Å². The number of H-pyrrole nitrogens is 1. The van der Waals surface area contributed by atoms with E-state index in [0.717, 1.165) is 25.9 Å². The van der Waals surface area contributed by atoms with E-state index in [4.69, 9.17) is 10.2 Å². The summed E-state index contributed by atoms with van der Waals surface area (Å²) in [5.74, 6) is 1.19. The number of nitrogens with two attached hydrogens (primary N) is 1. The van der Waals surface area contributed by atoms with Gasteiger partial charge in [0.15, 0.2) is 5.58 Å². The number of aromatic nitrogens is 5. The lowest BCUT2D eigenvalue weighted by Gasteiger charge is -2.31. The fourth-order valence-electron chi connectivity index (χ4n) is 3.37. The van der Waals surface area contributed by atoms with Crippen LogP contribution in [0.15, 0.2) is 22.7 Å². The zero-order chi connectivity index (χ0) is 18.6. The van der Waals surface area contributed by atoms with Gasteiger partial charge in [-0.2, -0.15) is 9.97 Å². The first-order valence-corrected chi connectivity index (χ1v) is 9.07. The number of piperidine rings is 1. The van der Waals surface area contributed by atoms with Crippen molar-refractivity contribution < 1.29 is 9.21 Å². The third kappa shape index (κ3) is 4.15. The quantitative estimate of drug-likeness (QED) is 0.581. The molecular formula is C17H22N8O2. The predicted octanol–water partition coefficient (Wildman–Crippen LogP) is 0.888. The highest BCUT2D eigenvalue weighted by atomic mass is 16.4. The monoisotopic (exact) mass is 370 g/mol. The van der Waals surface area contributed by atoms with Gasteiger partial charge in [-0.25, -0.2) is 4.98 Å². The van der Waals surface area contributed by atoms with Crippen molar-refractivity contribution in [2.24, 2.45) is 5.92 Å². The van der Waals surface area contributed by atoms with Gasteiger partial charge in [-0.15, -0.1) is 5.10 Å². The minimum atomic E-state index is 0.0357. The first-order chi connectivity index (χ1) is 13.2. The zero-order valence-corrected chi connectivity index (χ0v) is 14.9. The molecule has 0 radical (unpaired) electrons. The largest absolute Gasteiger partial charge is 0.422 e. The lowest BCUT2D eigenvalue weighted by Crippen LogP contribution is -2.38. The fourth-order valence-corrected chi connectivity index (χ4v) is 3.37. The van der Waals surface area contributed by atoms with E-state index < -0.39 is 0 Å². The van der Waals surface area contributed by atoms with Gasteiger partial charge in [0.2, 0.25) is 17.5 Å². The Morgan fingerprint density at radius 3 is 3.19 bits per heavy atom. The molecule has 0 saturated carbocycles. The van der Waals surface area contributed by atoms with Gasteiger partial charge in [-0.05, 0) is 30.9 Å². The molecule has 1 aliphatic heterocycles. The molecule has 0 bridgehead atoms. The van der Waals surface area contributed by atoms with Gasteiger partial charge in [0.05, 0.1) is 0 Å². The number of anilines is 2. The number of oxazole rings is 1. The van der Waals surface area contributed by atoms with Crippen LogP contribution in [0, 0.1) is 5.92 Å². The number of carbonyl (C=O) groups is 1. The highest BCUT2D eigenvalue weighted by Gasteiger charge is 2.25. The maximum Gasteiger partial charge on any atom is 0.299 e. The normalized spacial score (nSPS) is 17.3. The summed E-state index contributed by atoms with van der Waals surface area (Å²) in [6.07, 6.45) is 4.77. The molecule has 1 atom stereocenters. The molecule has 4 rings (SSSR count). The van der Waals surface area contributed by atoms with Crippen LogP contribution < -0.4 is 16.0 Å². The van der Waals surface area contributed by atoms with Crippen molar-refractivity contribution in [1.29, 1.82) is 0 Å². The Labute approximate surface area is 155 Å². The molecule has 27 heavy (non-hydrogen) atoms. The molecule has 4 N–H and O–H groups in total. The molecule has 1 unspecified atom stereocenters. The summed E-state index contributed by atoms with van der Waals surface area (Å²) >= 11 is 0. The molecule has 0 aliphatic carbocycles. The van der Waals surface area contributed by atoms with E-state index in [-0.39, 0.29) is 17.8 Å². The summed E-state index contributed by atoms with van der Waals surface area (Å²) in [4.78, 5) is 27.0. The summed E-state index contributed by atoms with van der Waals surface area (Å²) in [6, 6.07) is 4.26. The van der Waals surface area contributed by atoms with Crippen molar-refractivity contribution in [2.75, 3.05) is 30.3 Å². The molecule has 10 nitrogen and oxygen atoms in total. The van der Waals surface area contributed by atoms with E-state index in [9.17, 15) is 4.79 Å². The number of aromatic amines is 1. The first kappa shape index (κ1) is 17.3. The number of carbonyl (C=O) groups excluding carboxylic acids is 1. The lowest BCUT2D eigenvalue weighted by atomic mass is 9.94.